The van der Waals surface area contributed by atoms with Gasteiger partial charge in [-0.05, 0) is 54.6 Å². The average molecular weight is 360 g/mol. The number of carbonyl (C=O) groups is 1. The molecule has 18 heavy (non-hydrogen) atoms. The van der Waals surface area contributed by atoms with Crippen LogP contribution in [-0.2, 0) is 0 Å². The SMILES string of the molecule is CC1CNCC(C)N1C(=O)c1cc(I)ccc1O. The lowest BCUT2D eigenvalue weighted by atomic mass is 10.1. The lowest BCUT2D eigenvalue weighted by molar-refractivity contribution is 0.0541. The molecule has 0 aliphatic carbocycles. The molecule has 0 bridgehead atoms. The molecular weight excluding hydrogens is 343 g/mol. The van der Waals surface area contributed by atoms with Crippen molar-refractivity contribution in [2.45, 2.75) is 25.9 Å². The van der Waals surface area contributed by atoms with E-state index in [-0.39, 0.29) is 23.7 Å². The minimum atomic E-state index is -0.0903. The highest BCUT2D eigenvalue weighted by molar-refractivity contribution is 14.1. The molecule has 0 spiro atoms. The largest absolute Gasteiger partial charge is 0.507 e. The predicted molar refractivity (Wildman–Crippen MR) is 78.8 cm³/mol. The van der Waals surface area contributed by atoms with Gasteiger partial charge in [0.2, 0.25) is 0 Å². The number of nitrogens with zero attached hydrogens (tertiary/aromatic N) is 1. The van der Waals surface area contributed by atoms with Crippen LogP contribution >= 0.6 is 22.6 Å². The standard InChI is InChI=1S/C13H17IN2O2/c1-8-6-15-7-9(2)16(8)13(18)11-5-10(14)3-4-12(11)17/h3-5,8-9,15,17H,6-7H2,1-2H3. The predicted octanol–water partition coefficient (Wildman–Crippen LogP) is 1.82. The van der Waals surface area contributed by atoms with Gasteiger partial charge in [0.25, 0.3) is 5.91 Å². The highest BCUT2D eigenvalue weighted by Gasteiger charge is 2.30. The summed E-state index contributed by atoms with van der Waals surface area (Å²) >= 11 is 2.14. The van der Waals surface area contributed by atoms with E-state index in [4.69, 9.17) is 0 Å². The highest BCUT2D eigenvalue weighted by atomic mass is 127. The fourth-order valence-corrected chi connectivity index (χ4v) is 2.84. The summed E-state index contributed by atoms with van der Waals surface area (Å²) in [5, 5.41) is 13.1. The van der Waals surface area contributed by atoms with Crippen molar-refractivity contribution in [1.82, 2.24) is 10.2 Å². The number of piperazine rings is 1. The summed E-state index contributed by atoms with van der Waals surface area (Å²) in [6.07, 6.45) is 0. The Morgan fingerprint density at radius 3 is 2.61 bits per heavy atom. The molecule has 2 atom stereocenters. The van der Waals surface area contributed by atoms with Crippen molar-refractivity contribution in [2.75, 3.05) is 13.1 Å². The van der Waals surface area contributed by atoms with Gasteiger partial charge < -0.3 is 15.3 Å². The van der Waals surface area contributed by atoms with Crippen LogP contribution in [0.1, 0.15) is 24.2 Å². The van der Waals surface area contributed by atoms with Gasteiger partial charge in [-0.15, -0.1) is 0 Å². The smallest absolute Gasteiger partial charge is 0.258 e. The van der Waals surface area contributed by atoms with E-state index in [9.17, 15) is 9.90 Å². The van der Waals surface area contributed by atoms with E-state index in [1.54, 1.807) is 18.2 Å². The van der Waals surface area contributed by atoms with E-state index in [2.05, 4.69) is 27.9 Å². The summed E-state index contributed by atoms with van der Waals surface area (Å²) in [6, 6.07) is 5.38. The number of halogens is 1. The Hall–Kier alpha value is -0.820. The molecule has 1 heterocycles. The lowest BCUT2D eigenvalue weighted by Gasteiger charge is -2.39. The molecule has 2 rings (SSSR count). The maximum absolute atomic E-state index is 12.5. The molecule has 1 aliphatic heterocycles. The van der Waals surface area contributed by atoms with Gasteiger partial charge in [-0.25, -0.2) is 0 Å². The van der Waals surface area contributed by atoms with Crippen LogP contribution in [0.3, 0.4) is 0 Å². The van der Waals surface area contributed by atoms with E-state index >= 15 is 0 Å². The third kappa shape index (κ3) is 2.61. The Balaban J connectivity index is 2.32. The van der Waals surface area contributed by atoms with Gasteiger partial charge in [0.1, 0.15) is 5.75 Å². The fraction of sp³-hybridized carbons (Fsp3) is 0.462. The second-order valence-electron chi connectivity index (χ2n) is 4.73. The minimum Gasteiger partial charge on any atom is -0.507 e. The molecule has 2 unspecified atom stereocenters. The maximum Gasteiger partial charge on any atom is 0.258 e. The Labute approximate surface area is 121 Å². The van der Waals surface area contributed by atoms with Crippen LogP contribution < -0.4 is 5.32 Å². The van der Waals surface area contributed by atoms with Crippen molar-refractivity contribution < 1.29 is 9.90 Å². The topological polar surface area (TPSA) is 52.6 Å². The number of nitrogens with one attached hydrogen (secondary N) is 1. The van der Waals surface area contributed by atoms with Gasteiger partial charge in [0, 0.05) is 28.7 Å². The van der Waals surface area contributed by atoms with Crippen molar-refractivity contribution in [2.24, 2.45) is 0 Å². The molecule has 0 radical (unpaired) electrons. The van der Waals surface area contributed by atoms with E-state index in [0.717, 1.165) is 16.7 Å². The molecule has 1 saturated heterocycles. The number of hydrogen-bond acceptors (Lipinski definition) is 3. The first-order valence-corrected chi connectivity index (χ1v) is 7.10. The van der Waals surface area contributed by atoms with Crippen molar-refractivity contribution in [3.63, 3.8) is 0 Å². The van der Waals surface area contributed by atoms with Crippen LogP contribution in [0, 0.1) is 3.57 Å². The zero-order chi connectivity index (χ0) is 13.3. The summed E-state index contributed by atoms with van der Waals surface area (Å²) in [4.78, 5) is 14.4. The molecule has 0 saturated carbocycles. The van der Waals surface area contributed by atoms with Crippen LogP contribution in [0.25, 0.3) is 0 Å². The number of phenolic OH excluding ortho intramolecular Hbond substituents is 1. The average Bonchev–Trinajstić information content (AvgIpc) is 2.32. The summed E-state index contributed by atoms with van der Waals surface area (Å²) in [5.41, 5.74) is 0.391. The van der Waals surface area contributed by atoms with E-state index in [1.165, 1.54) is 0 Å². The summed E-state index contributed by atoms with van der Waals surface area (Å²) in [6.45, 7) is 5.62. The molecule has 1 aliphatic rings. The number of rotatable bonds is 1. The summed E-state index contributed by atoms with van der Waals surface area (Å²) < 4.78 is 0.948. The number of aromatic hydroxyl groups is 1. The van der Waals surface area contributed by atoms with Crippen LogP contribution in [0.2, 0.25) is 0 Å². The third-order valence-corrected chi connectivity index (χ3v) is 3.92. The third-order valence-electron chi connectivity index (χ3n) is 3.25. The van der Waals surface area contributed by atoms with Crippen LogP contribution in [0.5, 0.6) is 5.75 Å². The number of phenols is 1. The second kappa shape index (κ2) is 5.44. The fourth-order valence-electron chi connectivity index (χ4n) is 2.35. The van der Waals surface area contributed by atoms with Crippen LogP contribution in [0.4, 0.5) is 0 Å². The Kier molecular flexibility index (Phi) is 4.11. The minimum absolute atomic E-state index is 0.0540. The molecule has 98 valence electrons. The van der Waals surface area contributed by atoms with Crippen molar-refractivity contribution >= 4 is 28.5 Å². The zero-order valence-electron chi connectivity index (χ0n) is 10.5. The first-order chi connectivity index (χ1) is 8.50. The molecule has 2 N–H and O–H groups in total. The molecule has 1 fully saturated rings. The van der Waals surface area contributed by atoms with Gasteiger partial charge in [0.15, 0.2) is 0 Å². The van der Waals surface area contributed by atoms with Crippen LogP contribution in [0.15, 0.2) is 18.2 Å². The van der Waals surface area contributed by atoms with Crippen molar-refractivity contribution in [1.29, 1.82) is 0 Å². The molecule has 1 amide bonds. The molecule has 0 aromatic heterocycles. The summed E-state index contributed by atoms with van der Waals surface area (Å²) in [5.74, 6) is -0.0362. The Morgan fingerprint density at radius 1 is 1.39 bits per heavy atom. The second-order valence-corrected chi connectivity index (χ2v) is 5.98. The van der Waals surface area contributed by atoms with Gasteiger partial charge in [-0.1, -0.05) is 0 Å². The summed E-state index contributed by atoms with van der Waals surface area (Å²) in [7, 11) is 0. The molecule has 1 aromatic carbocycles. The monoisotopic (exact) mass is 360 g/mol. The highest BCUT2D eigenvalue weighted by Crippen LogP contribution is 2.24. The van der Waals surface area contributed by atoms with Gasteiger partial charge in [-0.2, -0.15) is 0 Å². The number of carbonyl (C=O) groups excluding carboxylic acids is 1. The van der Waals surface area contributed by atoms with Crippen molar-refractivity contribution in [3.05, 3.63) is 27.3 Å². The Morgan fingerprint density at radius 2 is 2.00 bits per heavy atom. The normalized spacial score (nSPS) is 24.1. The molecular formula is C13H17IN2O2. The van der Waals surface area contributed by atoms with Crippen LogP contribution in [-0.4, -0.2) is 41.1 Å². The van der Waals surface area contributed by atoms with Gasteiger partial charge >= 0.3 is 0 Å². The number of hydrogen-bond donors (Lipinski definition) is 2. The van der Waals surface area contributed by atoms with E-state index < -0.39 is 0 Å². The zero-order valence-corrected chi connectivity index (χ0v) is 12.6. The number of benzene rings is 1. The Bertz CT molecular complexity index is 454. The quantitative estimate of drug-likeness (QED) is 0.752. The first kappa shape index (κ1) is 13.6. The van der Waals surface area contributed by atoms with Crippen molar-refractivity contribution in [3.8, 4) is 5.75 Å². The van der Waals surface area contributed by atoms with E-state index in [1.807, 2.05) is 18.7 Å². The number of amides is 1. The first-order valence-electron chi connectivity index (χ1n) is 6.02. The molecule has 5 heteroatoms. The van der Waals surface area contributed by atoms with E-state index in [0.29, 0.717) is 5.56 Å². The molecule has 4 nitrogen and oxygen atoms in total. The lowest BCUT2D eigenvalue weighted by Crippen LogP contribution is -2.57. The maximum atomic E-state index is 12.5. The molecule has 1 aromatic rings. The van der Waals surface area contributed by atoms with Gasteiger partial charge in [-0.3, -0.25) is 4.79 Å². The van der Waals surface area contributed by atoms with Gasteiger partial charge in [0.05, 0.1) is 5.56 Å².